The van der Waals surface area contributed by atoms with Gasteiger partial charge in [-0.05, 0) is 39.8 Å². The zero-order chi connectivity index (χ0) is 21.2. The van der Waals surface area contributed by atoms with Crippen molar-refractivity contribution >= 4 is 55.4 Å². The van der Waals surface area contributed by atoms with E-state index in [1.165, 1.54) is 27.2 Å². The van der Waals surface area contributed by atoms with Crippen molar-refractivity contribution in [3.05, 3.63) is 103 Å². The fourth-order valence-electron chi connectivity index (χ4n) is 5.43. The zero-order valence-corrected chi connectivity index (χ0v) is 17.2. The van der Waals surface area contributed by atoms with Crippen molar-refractivity contribution in [2.24, 2.45) is 0 Å². The van der Waals surface area contributed by atoms with Crippen molar-refractivity contribution < 1.29 is 4.74 Å². The molecule has 1 aliphatic rings. The predicted molar refractivity (Wildman–Crippen MR) is 132 cm³/mol. The number of para-hydroxylation sites is 1. The lowest BCUT2D eigenvalue weighted by Gasteiger charge is -2.19. The van der Waals surface area contributed by atoms with Crippen LogP contribution in [0.1, 0.15) is 5.56 Å². The van der Waals surface area contributed by atoms with Gasteiger partial charge < -0.3 is 4.74 Å². The van der Waals surface area contributed by atoms with Gasteiger partial charge in [0, 0.05) is 16.2 Å². The van der Waals surface area contributed by atoms with Gasteiger partial charge in [0.2, 0.25) is 6.71 Å². The molecular formula is C29H16BNO. The van der Waals surface area contributed by atoms with Gasteiger partial charge in [-0.1, -0.05) is 89.8 Å². The summed E-state index contributed by atoms with van der Waals surface area (Å²) < 4.78 is 6.56. The maximum absolute atomic E-state index is 9.71. The lowest BCUT2D eigenvalue weighted by Crippen LogP contribution is -2.51. The minimum absolute atomic E-state index is 0.0540. The van der Waals surface area contributed by atoms with Crippen LogP contribution in [0.2, 0.25) is 0 Å². The minimum atomic E-state index is 0.0540. The van der Waals surface area contributed by atoms with Crippen LogP contribution in [-0.4, -0.2) is 6.71 Å². The third-order valence-corrected chi connectivity index (χ3v) is 6.77. The molecule has 0 amide bonds. The fourth-order valence-corrected chi connectivity index (χ4v) is 5.43. The summed E-state index contributed by atoms with van der Waals surface area (Å²) in [4.78, 5) is 0. The lowest BCUT2D eigenvalue weighted by atomic mass is 9.36. The number of fused-ring (bicyclic) bond motifs is 1. The van der Waals surface area contributed by atoms with Crippen LogP contribution >= 0.6 is 0 Å². The van der Waals surface area contributed by atoms with Crippen molar-refractivity contribution in [2.45, 2.75) is 0 Å². The van der Waals surface area contributed by atoms with Gasteiger partial charge >= 0.3 is 0 Å². The molecule has 2 nitrogen and oxygen atoms in total. The first-order chi connectivity index (χ1) is 15.8. The summed E-state index contributed by atoms with van der Waals surface area (Å²) in [6.07, 6.45) is 0. The Kier molecular flexibility index (Phi) is 3.46. The van der Waals surface area contributed by atoms with E-state index in [-0.39, 0.29) is 6.71 Å². The smallest absolute Gasteiger partial charge is 0.247 e. The molecule has 32 heavy (non-hydrogen) atoms. The maximum Gasteiger partial charge on any atom is 0.247 e. The van der Waals surface area contributed by atoms with E-state index in [2.05, 4.69) is 91.0 Å². The molecule has 7 rings (SSSR count). The first-order valence-corrected chi connectivity index (χ1v) is 10.8. The maximum atomic E-state index is 9.71. The predicted octanol–water partition coefficient (Wildman–Crippen LogP) is 5.08. The van der Waals surface area contributed by atoms with E-state index in [1.54, 1.807) is 0 Å². The molecule has 0 radical (unpaired) electrons. The number of hydrogen-bond donors (Lipinski definition) is 0. The highest BCUT2D eigenvalue weighted by Crippen LogP contribution is 2.41. The second kappa shape index (κ2) is 6.36. The largest absolute Gasteiger partial charge is 0.457 e. The molecule has 0 spiro atoms. The van der Waals surface area contributed by atoms with E-state index in [4.69, 9.17) is 4.74 Å². The molecule has 0 N–H and O–H groups in total. The molecule has 0 fully saturated rings. The van der Waals surface area contributed by atoms with E-state index in [9.17, 15) is 5.26 Å². The molecule has 1 heterocycles. The van der Waals surface area contributed by atoms with E-state index in [0.29, 0.717) is 5.56 Å². The Morgan fingerprint density at radius 1 is 0.625 bits per heavy atom. The van der Waals surface area contributed by atoms with Crippen LogP contribution in [-0.2, 0) is 0 Å². The highest BCUT2D eigenvalue weighted by molar-refractivity contribution is 6.97. The van der Waals surface area contributed by atoms with Crippen molar-refractivity contribution in [3.63, 3.8) is 0 Å². The molecule has 0 aliphatic carbocycles. The molecular weight excluding hydrogens is 389 g/mol. The van der Waals surface area contributed by atoms with Gasteiger partial charge in [-0.25, -0.2) is 0 Å². The summed E-state index contributed by atoms with van der Waals surface area (Å²) in [5.41, 5.74) is 4.35. The third kappa shape index (κ3) is 2.24. The first-order valence-electron chi connectivity index (χ1n) is 10.8. The minimum Gasteiger partial charge on any atom is -0.457 e. The highest BCUT2D eigenvalue weighted by atomic mass is 16.5. The Bertz CT molecular complexity index is 1720. The Morgan fingerprint density at radius 3 is 2.28 bits per heavy atom. The molecule has 6 aromatic carbocycles. The van der Waals surface area contributed by atoms with E-state index in [1.807, 2.05) is 12.1 Å². The number of benzene rings is 6. The first kappa shape index (κ1) is 17.4. The topological polar surface area (TPSA) is 33.0 Å². The average molecular weight is 405 g/mol. The Hall–Kier alpha value is -4.29. The van der Waals surface area contributed by atoms with E-state index in [0.717, 1.165) is 33.0 Å². The van der Waals surface area contributed by atoms with Crippen molar-refractivity contribution in [3.8, 4) is 17.6 Å². The Labute approximate surface area is 185 Å². The molecule has 0 unspecified atom stereocenters. The normalized spacial score (nSPS) is 12.5. The van der Waals surface area contributed by atoms with Gasteiger partial charge in [-0.2, -0.15) is 5.26 Å². The number of ether oxygens (including phenoxy) is 1. The van der Waals surface area contributed by atoms with Crippen LogP contribution in [0.25, 0.3) is 32.3 Å². The lowest BCUT2D eigenvalue weighted by molar-refractivity contribution is 0.493. The van der Waals surface area contributed by atoms with Gasteiger partial charge in [0.1, 0.15) is 11.5 Å². The second-order valence-corrected chi connectivity index (χ2v) is 8.42. The molecule has 6 aromatic rings. The van der Waals surface area contributed by atoms with Gasteiger partial charge in [-0.3, -0.25) is 0 Å². The molecule has 1 aliphatic heterocycles. The van der Waals surface area contributed by atoms with Crippen molar-refractivity contribution in [1.29, 1.82) is 5.26 Å². The van der Waals surface area contributed by atoms with E-state index >= 15 is 0 Å². The molecule has 0 bridgehead atoms. The molecule has 3 heteroatoms. The molecule has 0 saturated heterocycles. The summed E-state index contributed by atoms with van der Waals surface area (Å²) in [5, 5.41) is 16.5. The summed E-state index contributed by atoms with van der Waals surface area (Å²) in [7, 11) is 0. The highest BCUT2D eigenvalue weighted by Gasteiger charge is 2.32. The van der Waals surface area contributed by atoms with Gasteiger partial charge in [0.15, 0.2) is 0 Å². The Balaban J connectivity index is 1.72. The summed E-state index contributed by atoms with van der Waals surface area (Å²) in [6.45, 7) is 0.0540. The SMILES string of the molecule is N#Cc1ccc2cc3c4c(ccc5ccc1c2c54)Oc1ccccc1B3c1ccccc1. The van der Waals surface area contributed by atoms with E-state index < -0.39 is 0 Å². The Morgan fingerprint density at radius 2 is 1.41 bits per heavy atom. The third-order valence-electron chi connectivity index (χ3n) is 6.77. The molecule has 0 saturated carbocycles. The quantitative estimate of drug-likeness (QED) is 0.282. The second-order valence-electron chi connectivity index (χ2n) is 8.42. The fraction of sp³-hybridized carbons (Fsp3) is 0. The molecule has 146 valence electrons. The number of nitrogens with zero attached hydrogens (tertiary/aromatic N) is 1. The monoisotopic (exact) mass is 405 g/mol. The van der Waals surface area contributed by atoms with Crippen LogP contribution in [0.3, 0.4) is 0 Å². The average Bonchev–Trinajstić information content (AvgIpc) is 2.99. The van der Waals surface area contributed by atoms with Crippen LogP contribution in [0.5, 0.6) is 11.5 Å². The van der Waals surface area contributed by atoms with Crippen LogP contribution < -0.4 is 21.1 Å². The number of hydrogen-bond acceptors (Lipinski definition) is 2. The number of rotatable bonds is 1. The number of nitriles is 1. The standard InChI is InChI=1S/C29H16BNO/c31-17-20-11-10-19-16-24-29-26(15-13-18-12-14-22(20)27(19)28(18)29)32-25-9-5-4-8-23(25)30(24)21-6-2-1-3-7-21/h1-16H. The summed E-state index contributed by atoms with van der Waals surface area (Å²) in [6, 6.07) is 36.1. The van der Waals surface area contributed by atoms with Crippen LogP contribution in [0.15, 0.2) is 97.1 Å². The van der Waals surface area contributed by atoms with Crippen LogP contribution in [0.4, 0.5) is 0 Å². The van der Waals surface area contributed by atoms with Crippen molar-refractivity contribution in [1.82, 2.24) is 0 Å². The summed E-state index contributed by atoms with van der Waals surface area (Å²) >= 11 is 0. The molecule has 0 atom stereocenters. The van der Waals surface area contributed by atoms with Gasteiger partial charge in [-0.15, -0.1) is 0 Å². The molecule has 0 aromatic heterocycles. The zero-order valence-electron chi connectivity index (χ0n) is 17.2. The van der Waals surface area contributed by atoms with Crippen molar-refractivity contribution in [2.75, 3.05) is 0 Å². The van der Waals surface area contributed by atoms with Gasteiger partial charge in [0.05, 0.1) is 11.6 Å². The van der Waals surface area contributed by atoms with Gasteiger partial charge in [0.25, 0.3) is 0 Å². The summed E-state index contributed by atoms with van der Waals surface area (Å²) in [5.74, 6) is 1.76. The van der Waals surface area contributed by atoms with Crippen LogP contribution in [0, 0.1) is 11.3 Å².